The normalized spacial score (nSPS) is 30.2. The van der Waals surface area contributed by atoms with Gasteiger partial charge in [-0.25, -0.2) is 0 Å². The molecule has 0 amide bonds. The highest BCUT2D eigenvalue weighted by atomic mass is 28.4. The zero-order valence-corrected chi connectivity index (χ0v) is 19.4. The number of ether oxygens (including phenoxy) is 4. The van der Waals surface area contributed by atoms with Crippen molar-refractivity contribution in [3.8, 4) is 0 Å². The second-order valence-electron chi connectivity index (χ2n) is 9.87. The van der Waals surface area contributed by atoms with Gasteiger partial charge in [0.05, 0.1) is 25.2 Å². The molecule has 1 aromatic carbocycles. The molecule has 28 heavy (non-hydrogen) atoms. The van der Waals surface area contributed by atoms with E-state index in [9.17, 15) is 0 Å². The van der Waals surface area contributed by atoms with E-state index in [-0.39, 0.29) is 29.5 Å². The second kappa shape index (κ2) is 8.17. The lowest BCUT2D eigenvalue weighted by atomic mass is 9.95. The van der Waals surface area contributed by atoms with Gasteiger partial charge in [-0.3, -0.25) is 0 Å². The molecule has 2 saturated heterocycles. The standard InChI is InChI=1S/C22H36O5Si/c1-21(2,3)28(6,7)25-14-17-19-18(26-22(4,5)27-19)15-24-20(17)23-13-16-11-9-8-10-12-16/h8-12,17-20H,13-15H2,1-7H3/t17-,18-,19+,20-/m1/s1. The monoisotopic (exact) mass is 408 g/mol. The van der Waals surface area contributed by atoms with E-state index in [1.807, 2.05) is 32.0 Å². The first-order valence-corrected chi connectivity index (χ1v) is 13.2. The van der Waals surface area contributed by atoms with Crippen LogP contribution < -0.4 is 0 Å². The SMILES string of the molecule is CC1(C)O[C@H]2[C@@H](CO[Si](C)(C)C(C)(C)C)[C@H](OCc3ccccc3)OC[C@H]2O1. The molecule has 0 aromatic heterocycles. The molecule has 0 radical (unpaired) electrons. The average molecular weight is 409 g/mol. The molecule has 0 unspecified atom stereocenters. The summed E-state index contributed by atoms with van der Waals surface area (Å²) in [6.45, 7) is 16.7. The molecule has 2 heterocycles. The summed E-state index contributed by atoms with van der Waals surface area (Å²) in [7, 11) is -1.89. The minimum absolute atomic E-state index is 0.0293. The fraction of sp³-hybridized carbons (Fsp3) is 0.727. The van der Waals surface area contributed by atoms with Gasteiger partial charge in [-0.2, -0.15) is 0 Å². The minimum Gasteiger partial charge on any atom is -0.416 e. The Morgan fingerprint density at radius 2 is 1.79 bits per heavy atom. The summed E-state index contributed by atoms with van der Waals surface area (Å²) in [6.07, 6.45) is -0.544. The number of benzene rings is 1. The maximum absolute atomic E-state index is 6.54. The van der Waals surface area contributed by atoms with Crippen molar-refractivity contribution in [3.63, 3.8) is 0 Å². The van der Waals surface area contributed by atoms with Crippen molar-refractivity contribution in [2.24, 2.45) is 5.92 Å². The van der Waals surface area contributed by atoms with Crippen molar-refractivity contribution in [2.75, 3.05) is 13.2 Å². The van der Waals surface area contributed by atoms with Crippen LogP contribution in [0.15, 0.2) is 30.3 Å². The molecule has 2 aliphatic heterocycles. The zero-order valence-electron chi connectivity index (χ0n) is 18.4. The molecule has 4 atom stereocenters. The number of hydrogen-bond acceptors (Lipinski definition) is 5. The van der Waals surface area contributed by atoms with E-state index in [0.717, 1.165) is 5.56 Å². The van der Waals surface area contributed by atoms with Crippen molar-refractivity contribution >= 4 is 8.32 Å². The number of hydrogen-bond donors (Lipinski definition) is 0. The van der Waals surface area contributed by atoms with Crippen molar-refractivity contribution in [1.29, 1.82) is 0 Å². The van der Waals surface area contributed by atoms with E-state index in [1.165, 1.54) is 0 Å². The first-order chi connectivity index (χ1) is 13.0. The summed E-state index contributed by atoms with van der Waals surface area (Å²) in [5, 5.41) is 0.147. The Bertz CT molecular complexity index is 640. The lowest BCUT2D eigenvalue weighted by Crippen LogP contribution is -2.52. The number of rotatable bonds is 6. The second-order valence-corrected chi connectivity index (χ2v) is 14.7. The number of fused-ring (bicyclic) bond motifs is 1. The highest BCUT2D eigenvalue weighted by molar-refractivity contribution is 6.74. The van der Waals surface area contributed by atoms with Crippen LogP contribution in [-0.2, 0) is 30.0 Å². The van der Waals surface area contributed by atoms with Gasteiger partial charge in [0.15, 0.2) is 20.4 Å². The van der Waals surface area contributed by atoms with Gasteiger partial charge in [0.2, 0.25) is 0 Å². The van der Waals surface area contributed by atoms with Gasteiger partial charge in [0, 0.05) is 6.61 Å². The Balaban J connectivity index is 1.72. The lowest BCUT2D eigenvalue weighted by molar-refractivity contribution is -0.240. The highest BCUT2D eigenvalue weighted by Gasteiger charge is 2.52. The maximum atomic E-state index is 6.54. The predicted octanol–water partition coefficient (Wildman–Crippen LogP) is 4.72. The van der Waals surface area contributed by atoms with Crippen molar-refractivity contribution < 1.29 is 23.4 Å². The summed E-state index contributed by atoms with van der Waals surface area (Å²) < 4.78 is 31.1. The van der Waals surface area contributed by atoms with Crippen molar-refractivity contribution in [2.45, 2.75) is 83.6 Å². The van der Waals surface area contributed by atoms with E-state index < -0.39 is 14.1 Å². The molecule has 1 aromatic rings. The molecule has 0 spiro atoms. The summed E-state index contributed by atoms with van der Waals surface area (Å²) in [6, 6.07) is 10.2. The van der Waals surface area contributed by atoms with Crippen molar-refractivity contribution in [3.05, 3.63) is 35.9 Å². The molecular weight excluding hydrogens is 372 g/mol. The molecular formula is C22H36O5Si. The van der Waals surface area contributed by atoms with Crippen LogP contribution in [0, 0.1) is 5.92 Å². The molecule has 5 nitrogen and oxygen atoms in total. The summed E-state index contributed by atoms with van der Waals surface area (Å²) in [5.74, 6) is -0.638. The smallest absolute Gasteiger partial charge is 0.191 e. The van der Waals surface area contributed by atoms with Gasteiger partial charge in [0.25, 0.3) is 0 Å². The molecule has 0 aliphatic carbocycles. The topological polar surface area (TPSA) is 46.2 Å². The molecule has 0 saturated carbocycles. The molecule has 2 fully saturated rings. The quantitative estimate of drug-likeness (QED) is 0.638. The van der Waals surface area contributed by atoms with Crippen LogP contribution in [0.3, 0.4) is 0 Å². The van der Waals surface area contributed by atoms with Gasteiger partial charge in [0.1, 0.15) is 6.10 Å². The molecule has 158 valence electrons. The van der Waals surface area contributed by atoms with Gasteiger partial charge >= 0.3 is 0 Å². The summed E-state index contributed by atoms with van der Waals surface area (Å²) >= 11 is 0. The fourth-order valence-corrected chi connectivity index (χ4v) is 4.48. The van der Waals surface area contributed by atoms with Crippen LogP contribution in [0.2, 0.25) is 18.1 Å². The van der Waals surface area contributed by atoms with Crippen LogP contribution >= 0.6 is 0 Å². The van der Waals surface area contributed by atoms with Gasteiger partial charge in [-0.15, -0.1) is 0 Å². The zero-order chi connectivity index (χ0) is 20.6. The maximum Gasteiger partial charge on any atom is 0.191 e. The molecule has 6 heteroatoms. The third-order valence-corrected chi connectivity index (χ3v) is 10.6. The largest absolute Gasteiger partial charge is 0.416 e. The van der Waals surface area contributed by atoms with Gasteiger partial charge in [-0.05, 0) is 37.5 Å². The van der Waals surface area contributed by atoms with Gasteiger partial charge < -0.3 is 23.4 Å². The van der Waals surface area contributed by atoms with Crippen molar-refractivity contribution in [1.82, 2.24) is 0 Å². The molecule has 3 rings (SSSR count). The predicted molar refractivity (Wildman–Crippen MR) is 111 cm³/mol. The Morgan fingerprint density at radius 1 is 1.11 bits per heavy atom. The summed E-state index contributed by atoms with van der Waals surface area (Å²) in [5.41, 5.74) is 1.13. The van der Waals surface area contributed by atoms with E-state index >= 15 is 0 Å². The van der Waals surface area contributed by atoms with Crippen LogP contribution in [0.5, 0.6) is 0 Å². The van der Waals surface area contributed by atoms with E-state index in [2.05, 4.69) is 46.0 Å². The van der Waals surface area contributed by atoms with Crippen LogP contribution in [0.4, 0.5) is 0 Å². The first-order valence-electron chi connectivity index (χ1n) is 10.3. The lowest BCUT2D eigenvalue weighted by Gasteiger charge is -2.41. The molecule has 0 bridgehead atoms. The molecule has 0 N–H and O–H groups in total. The van der Waals surface area contributed by atoms with Crippen LogP contribution in [0.25, 0.3) is 0 Å². The van der Waals surface area contributed by atoms with E-state index in [1.54, 1.807) is 0 Å². The Hall–Kier alpha value is -0.763. The molecule has 2 aliphatic rings. The Labute approximate surface area is 170 Å². The third kappa shape index (κ3) is 5.04. The third-order valence-electron chi connectivity index (χ3n) is 6.12. The minimum atomic E-state index is -1.89. The average Bonchev–Trinajstić information content (AvgIpc) is 2.92. The van der Waals surface area contributed by atoms with E-state index in [0.29, 0.717) is 19.8 Å². The Kier molecular flexibility index (Phi) is 6.40. The Morgan fingerprint density at radius 3 is 2.43 bits per heavy atom. The van der Waals surface area contributed by atoms with Crippen LogP contribution in [-0.4, -0.2) is 45.8 Å². The first kappa shape index (κ1) is 21.9. The van der Waals surface area contributed by atoms with Gasteiger partial charge in [-0.1, -0.05) is 51.1 Å². The van der Waals surface area contributed by atoms with Crippen LogP contribution in [0.1, 0.15) is 40.2 Å². The summed E-state index contributed by atoms with van der Waals surface area (Å²) in [4.78, 5) is 0. The van der Waals surface area contributed by atoms with E-state index in [4.69, 9.17) is 23.4 Å². The fourth-order valence-electron chi connectivity index (χ4n) is 3.44. The highest BCUT2D eigenvalue weighted by Crippen LogP contribution is 2.41.